The van der Waals surface area contributed by atoms with Gasteiger partial charge in [-0.3, -0.25) is 14.5 Å². The van der Waals surface area contributed by atoms with Gasteiger partial charge in [0.15, 0.2) is 18.0 Å². The first-order chi connectivity index (χ1) is 64.0. The van der Waals surface area contributed by atoms with Crippen LogP contribution in [-0.4, -0.2) is 145 Å². The molecule has 0 amide bonds. The molecule has 0 bridgehead atoms. The molecule has 134 heavy (non-hydrogen) atoms. The molecule has 31 nitrogen and oxygen atoms in total. The number of nitrogens with zero attached hydrogens (tertiary/aromatic N) is 27. The smallest absolute Gasteiger partial charge is 0.196 e. The lowest BCUT2D eigenvalue weighted by Crippen LogP contribution is -2.04. The Morgan fingerprint density at radius 2 is 0.821 bits per heavy atom. The van der Waals surface area contributed by atoms with E-state index in [4.69, 9.17) is 8.94 Å². The third-order valence-corrected chi connectivity index (χ3v) is 13.6. The summed E-state index contributed by atoms with van der Waals surface area (Å²) in [7, 11) is 0. The van der Waals surface area contributed by atoms with E-state index in [9.17, 15) is 0 Å². The molecule has 0 aromatic carbocycles. The zero-order valence-electron chi connectivity index (χ0n) is 94.2. The Labute approximate surface area is 820 Å². The number of hydrogen-bond donors (Lipinski definition) is 2. The molecule has 0 aliphatic heterocycles. The maximum absolute atomic E-state index is 4.98. The maximum Gasteiger partial charge on any atom is 0.196 e. The lowest BCUT2D eigenvalue weighted by molar-refractivity contribution is 0.371. The second-order valence-corrected chi connectivity index (χ2v) is 27.2. The first-order valence-electron chi connectivity index (χ1n) is 49.3. The van der Waals surface area contributed by atoms with Gasteiger partial charge in [0, 0.05) is 140 Å². The molecule has 0 unspecified atom stereocenters. The van der Waals surface area contributed by atoms with Crippen LogP contribution < -0.4 is 0 Å². The number of oxazole rings is 1. The monoisotopic (exact) mass is 1880 g/mol. The van der Waals surface area contributed by atoms with Crippen molar-refractivity contribution < 1.29 is 8.94 Å². The van der Waals surface area contributed by atoms with Crippen LogP contribution in [0.15, 0.2) is 194 Å². The van der Waals surface area contributed by atoms with Crippen LogP contribution in [0, 0.1) is 0 Å². The predicted octanol–water partition coefficient (Wildman–Crippen LogP) is 31.2. The minimum atomic E-state index is 0. The van der Waals surface area contributed by atoms with Gasteiger partial charge in [0.1, 0.15) is 30.5 Å². The quantitative estimate of drug-likeness (QED) is 0.108. The molecule has 2 N–H and O–H groups in total. The van der Waals surface area contributed by atoms with Crippen LogP contribution in [0.1, 0.15) is 485 Å². The zero-order valence-corrected chi connectivity index (χ0v) is 94.2. The van der Waals surface area contributed by atoms with Crippen molar-refractivity contribution in [2.24, 2.45) is 0 Å². The van der Waals surface area contributed by atoms with Crippen LogP contribution in [0.25, 0.3) is 0 Å². The predicted molar refractivity (Wildman–Crippen MR) is 574 cm³/mol. The minimum absolute atomic E-state index is 0. The second-order valence-electron chi connectivity index (χ2n) is 27.2. The van der Waals surface area contributed by atoms with E-state index >= 15 is 0 Å². The van der Waals surface area contributed by atoms with E-state index in [0.29, 0.717) is 77.7 Å². The molecular weight excluding hydrogens is 1680 g/mol. The highest BCUT2D eigenvalue weighted by Gasteiger charge is 2.04. The first-order valence-corrected chi connectivity index (χ1v) is 49.3. The van der Waals surface area contributed by atoms with Gasteiger partial charge in [-0.2, -0.15) is 35.1 Å². The van der Waals surface area contributed by atoms with Crippen LogP contribution in [0.4, 0.5) is 0 Å². The molecule has 13 aromatic rings. The Morgan fingerprint density at radius 1 is 0.321 bits per heavy atom. The number of nitrogens with one attached hydrogen (secondary N) is 2. The topological polar surface area (TPSA) is 358 Å². The highest BCUT2D eigenvalue weighted by atomic mass is 16.5. The molecule has 0 fully saturated rings. The number of aromatic nitrogens is 29. The van der Waals surface area contributed by atoms with E-state index in [0.717, 1.165) is 23.3 Å². The summed E-state index contributed by atoms with van der Waals surface area (Å²) in [4.78, 5) is 30.2. The standard InChI is InChI=1S/2C7H10N2.2C7H11N.C6H9N3.2C6H10N2.2C6H9NO.2C5H9N3.2C4H8N4.13C2H6.CH4/c1-6(2)7-3-8-5-9-4-7;1-6(2)7-8-4-3-5-9-7;1-7(2)8-5-3-4-6-8;1-6(2)7-4-3-5-8-7;1-5(2)6-7-3-4-8-9-6;1-6(2)8-5-3-4-7-8;1-5(2)6-3-4-7-8-6;1-5(2)6-7-3-4-8-6;1-5(2)6-3-4-7-8-6;1-5(2)8-4-3-6-7-8;1-5(2)8-6-3-4-7-8;1-4(2)8-3-5-6-7-8;1-4(2)8-6-3-5-7-8;13*1-2;/h2*3-6H,1-2H3;3-7H,1-2H3;3-6,8H,1-2H3;3-5H,1-2H3;3-6H,1-2H3;3-5H,1-2H3,(H,7,8);4*3-5H,1-2H3;2*3-4H,1-2H3;13*1-2H3;1H4. The molecule has 0 atom stereocenters. The lowest BCUT2D eigenvalue weighted by atomic mass is 10.1. The fourth-order valence-corrected chi connectivity index (χ4v) is 7.15. The Hall–Kier alpha value is -11.0. The van der Waals surface area contributed by atoms with Gasteiger partial charge in [0.25, 0.3) is 0 Å². The number of hydrogen-bond acceptors (Lipinski definition) is 23. The van der Waals surface area contributed by atoms with Crippen LogP contribution in [0.2, 0.25) is 0 Å². The van der Waals surface area contributed by atoms with Crippen molar-refractivity contribution >= 4 is 0 Å². The average molecular weight is 1880 g/mol. The fraction of sp³-hybridized carbons (Fsp3) is 0.641. The molecule has 0 spiro atoms. The molecule has 13 heterocycles. The molecule has 13 aromatic heterocycles. The molecule has 13 rings (SSSR count). The summed E-state index contributed by atoms with van der Waals surface area (Å²) in [5.74, 6) is 6.88. The van der Waals surface area contributed by atoms with Gasteiger partial charge < -0.3 is 18.5 Å². The normalized spacial score (nSPS) is 8.81. The highest BCUT2D eigenvalue weighted by molar-refractivity contribution is 5.08. The minimum Gasteiger partial charge on any atom is -0.449 e. The summed E-state index contributed by atoms with van der Waals surface area (Å²) in [6, 6.07) is 18.4. The van der Waals surface area contributed by atoms with Crippen molar-refractivity contribution in [1.82, 2.24) is 145 Å². The van der Waals surface area contributed by atoms with Gasteiger partial charge in [-0.15, -0.1) is 25.5 Å². The molecule has 0 saturated heterocycles. The van der Waals surface area contributed by atoms with E-state index in [1.54, 1.807) is 106 Å². The van der Waals surface area contributed by atoms with E-state index in [2.05, 4.69) is 251 Å². The van der Waals surface area contributed by atoms with E-state index in [-0.39, 0.29) is 7.43 Å². The van der Waals surface area contributed by atoms with Gasteiger partial charge in [0.2, 0.25) is 0 Å². The maximum atomic E-state index is 4.98. The van der Waals surface area contributed by atoms with Gasteiger partial charge in [0.05, 0.1) is 49.3 Å². The highest BCUT2D eigenvalue weighted by Crippen LogP contribution is 2.14. The van der Waals surface area contributed by atoms with Crippen molar-refractivity contribution in [3.8, 4) is 0 Å². The van der Waals surface area contributed by atoms with Gasteiger partial charge in [-0.1, -0.05) is 295 Å². The van der Waals surface area contributed by atoms with Crippen molar-refractivity contribution in [1.29, 1.82) is 0 Å². The fourth-order valence-electron chi connectivity index (χ4n) is 7.15. The summed E-state index contributed by atoms with van der Waals surface area (Å²) in [5, 5.41) is 58.7. The number of rotatable bonds is 13. The van der Waals surface area contributed by atoms with Gasteiger partial charge in [-0.25, -0.2) is 34.6 Å². The number of aromatic amines is 2. The summed E-state index contributed by atoms with van der Waals surface area (Å²) >= 11 is 0. The Bertz CT molecular complexity index is 3110. The van der Waals surface area contributed by atoms with Crippen molar-refractivity contribution in [3.05, 3.63) is 226 Å². The zero-order chi connectivity index (χ0) is 106. The Kier molecular flexibility index (Phi) is 138. The summed E-state index contributed by atoms with van der Waals surface area (Å²) in [5.41, 5.74) is 3.70. The molecule has 0 aliphatic rings. The van der Waals surface area contributed by atoms with Crippen molar-refractivity contribution in [3.63, 3.8) is 0 Å². The SMILES string of the molecule is C.CC.CC.CC.CC.CC.CC.CC.CC.CC.CC.CC.CC.CC.CC(C)c1ccc[nH]1.CC(C)c1ccn[nH]1.CC(C)c1ccno1.CC(C)c1cncnc1.CC(C)c1ncccn1.CC(C)c1nccnn1.CC(C)c1ncco1.CC(C)n1cccc1.CC(C)n1cccn1.CC(C)n1ccnn1.CC(C)n1cnnn1.CC(C)n1nccn1.CC(C)n1ncnn1. The van der Waals surface area contributed by atoms with Crippen LogP contribution in [0.5, 0.6) is 0 Å². The average Bonchev–Trinajstić information content (AvgIpc) is 1.75. The first kappa shape index (κ1) is 154. The lowest BCUT2D eigenvalue weighted by Gasteiger charge is -2.03. The van der Waals surface area contributed by atoms with Crippen molar-refractivity contribution in [2.45, 2.75) is 445 Å². The Balaban J connectivity index is -0.0000000949. The van der Waals surface area contributed by atoms with Crippen molar-refractivity contribution in [2.75, 3.05) is 0 Å². The number of H-pyrrole nitrogens is 2. The van der Waals surface area contributed by atoms with E-state index in [1.165, 1.54) is 23.3 Å². The second kappa shape index (κ2) is 120. The number of tetrazole rings is 2. The Morgan fingerprint density at radius 3 is 1.04 bits per heavy atom. The van der Waals surface area contributed by atoms with E-state index in [1.807, 2.05) is 327 Å². The summed E-state index contributed by atoms with van der Waals surface area (Å²) in [6.07, 6.45) is 38.5. The third kappa shape index (κ3) is 95.6. The molecule has 0 radical (unpaired) electrons. The molecule has 774 valence electrons. The van der Waals surface area contributed by atoms with Crippen LogP contribution in [0.3, 0.4) is 0 Å². The molecular formula is C103H205N29O2. The molecule has 31 heteroatoms. The molecule has 0 saturated carbocycles. The summed E-state index contributed by atoms with van der Waals surface area (Å²) < 4.78 is 17.4. The van der Waals surface area contributed by atoms with Gasteiger partial charge in [-0.05, 0) is 165 Å². The third-order valence-electron chi connectivity index (χ3n) is 13.6. The van der Waals surface area contributed by atoms with E-state index < -0.39 is 0 Å². The van der Waals surface area contributed by atoms with Crippen LogP contribution in [-0.2, 0) is 0 Å². The largest absolute Gasteiger partial charge is 0.449 e. The molecule has 0 aliphatic carbocycles. The summed E-state index contributed by atoms with van der Waals surface area (Å²) in [6.45, 7) is 106. The van der Waals surface area contributed by atoms with Crippen LogP contribution >= 0.6 is 0 Å². The van der Waals surface area contributed by atoms with Gasteiger partial charge >= 0.3 is 0 Å².